The lowest BCUT2D eigenvalue weighted by atomic mass is 10.1. The maximum Gasteiger partial charge on any atom is 0.0437 e. The topological polar surface area (TPSA) is 29.3 Å². The maximum atomic E-state index is 5.88. The molecular weight excluding hydrogens is 232 g/mol. The number of aryl methyl sites for hydroxylation is 2. The molecule has 0 saturated heterocycles. The highest BCUT2D eigenvalue weighted by molar-refractivity contribution is 5.66. The van der Waals surface area contributed by atoms with E-state index in [-0.39, 0.29) is 6.04 Å². The summed E-state index contributed by atoms with van der Waals surface area (Å²) in [5, 5.41) is 0. The third-order valence-corrected chi connectivity index (χ3v) is 3.52. The second kappa shape index (κ2) is 5.45. The predicted molar refractivity (Wildman–Crippen MR) is 83.0 cm³/mol. The monoisotopic (exact) mass is 254 g/mol. The third-order valence-electron chi connectivity index (χ3n) is 3.52. The first-order valence-electron chi connectivity index (χ1n) is 6.65. The Morgan fingerprint density at radius 2 is 1.63 bits per heavy atom. The van der Waals surface area contributed by atoms with Crippen molar-refractivity contribution in [1.82, 2.24) is 0 Å². The minimum Gasteiger partial charge on any atom is -0.344 e. The Morgan fingerprint density at radius 3 is 2.16 bits per heavy atom. The fraction of sp³-hybridized carbons (Fsp3) is 0.294. The van der Waals surface area contributed by atoms with Crippen LogP contribution in [-0.2, 0) is 0 Å². The average Bonchev–Trinajstić information content (AvgIpc) is 2.38. The zero-order chi connectivity index (χ0) is 14.0. The van der Waals surface area contributed by atoms with E-state index in [1.54, 1.807) is 0 Å². The minimum absolute atomic E-state index is 0.0838. The number of hydrogen-bond acceptors (Lipinski definition) is 2. The summed E-state index contributed by atoms with van der Waals surface area (Å²) in [6.07, 6.45) is 0. The predicted octanol–water partition coefficient (Wildman–Crippen LogP) is 4.09. The molecule has 0 bridgehead atoms. The van der Waals surface area contributed by atoms with Crippen LogP contribution in [0.2, 0.25) is 0 Å². The van der Waals surface area contributed by atoms with Gasteiger partial charge < -0.3 is 10.6 Å². The van der Waals surface area contributed by atoms with Crippen LogP contribution in [0.3, 0.4) is 0 Å². The molecule has 1 atom stereocenters. The number of hydrogen-bond donors (Lipinski definition) is 1. The van der Waals surface area contributed by atoms with E-state index in [2.05, 4.69) is 68.3 Å². The average molecular weight is 254 g/mol. The van der Waals surface area contributed by atoms with Gasteiger partial charge in [0.05, 0.1) is 0 Å². The second-order valence-corrected chi connectivity index (χ2v) is 5.23. The van der Waals surface area contributed by atoms with E-state index in [1.165, 1.54) is 22.5 Å². The van der Waals surface area contributed by atoms with Gasteiger partial charge in [0.2, 0.25) is 0 Å². The molecule has 0 aliphatic heterocycles. The molecule has 2 aromatic carbocycles. The fourth-order valence-electron chi connectivity index (χ4n) is 2.32. The molecule has 0 aromatic heterocycles. The molecule has 19 heavy (non-hydrogen) atoms. The Labute approximate surface area is 115 Å². The lowest BCUT2D eigenvalue weighted by Crippen LogP contribution is -2.11. The summed E-state index contributed by atoms with van der Waals surface area (Å²) in [5.41, 5.74) is 12.0. The zero-order valence-electron chi connectivity index (χ0n) is 12.1. The van der Waals surface area contributed by atoms with Crippen LogP contribution in [0.4, 0.5) is 11.4 Å². The van der Waals surface area contributed by atoms with Crippen molar-refractivity contribution in [3.63, 3.8) is 0 Å². The summed E-state index contributed by atoms with van der Waals surface area (Å²) in [6.45, 7) is 6.27. The van der Waals surface area contributed by atoms with Gasteiger partial charge in [-0.15, -0.1) is 0 Å². The first-order chi connectivity index (χ1) is 8.99. The van der Waals surface area contributed by atoms with Crippen LogP contribution in [0.15, 0.2) is 42.5 Å². The van der Waals surface area contributed by atoms with Crippen molar-refractivity contribution in [3.05, 3.63) is 59.2 Å². The van der Waals surface area contributed by atoms with Gasteiger partial charge in [0.25, 0.3) is 0 Å². The van der Waals surface area contributed by atoms with E-state index < -0.39 is 0 Å². The Morgan fingerprint density at radius 1 is 1.00 bits per heavy atom. The van der Waals surface area contributed by atoms with E-state index in [4.69, 9.17) is 5.73 Å². The molecule has 0 unspecified atom stereocenters. The smallest absolute Gasteiger partial charge is 0.0437 e. The summed E-state index contributed by atoms with van der Waals surface area (Å²) >= 11 is 0. The van der Waals surface area contributed by atoms with E-state index >= 15 is 0 Å². The minimum atomic E-state index is 0.0838. The third kappa shape index (κ3) is 2.96. The summed E-state index contributed by atoms with van der Waals surface area (Å²) in [6, 6.07) is 15.1. The molecule has 100 valence electrons. The van der Waals surface area contributed by atoms with Crippen LogP contribution in [0.25, 0.3) is 0 Å². The number of nitrogens with zero attached hydrogens (tertiary/aromatic N) is 1. The van der Waals surface area contributed by atoms with E-state index in [9.17, 15) is 0 Å². The van der Waals surface area contributed by atoms with Gasteiger partial charge in [0.15, 0.2) is 0 Å². The highest BCUT2D eigenvalue weighted by Crippen LogP contribution is 2.28. The summed E-state index contributed by atoms with van der Waals surface area (Å²) in [7, 11) is 2.10. The van der Waals surface area contributed by atoms with Crippen LogP contribution >= 0.6 is 0 Å². The van der Waals surface area contributed by atoms with Gasteiger partial charge in [-0.3, -0.25) is 0 Å². The highest BCUT2D eigenvalue weighted by atomic mass is 15.1. The molecule has 0 radical (unpaired) electrons. The Balaban J connectivity index is 2.30. The van der Waals surface area contributed by atoms with Gasteiger partial charge in [0.1, 0.15) is 0 Å². The molecule has 2 rings (SSSR count). The number of benzene rings is 2. The Kier molecular flexibility index (Phi) is 3.91. The number of rotatable bonds is 3. The maximum absolute atomic E-state index is 5.88. The zero-order valence-corrected chi connectivity index (χ0v) is 12.1. The van der Waals surface area contributed by atoms with Gasteiger partial charge in [0, 0.05) is 24.5 Å². The molecule has 0 saturated carbocycles. The lowest BCUT2D eigenvalue weighted by molar-refractivity contribution is 0.818. The summed E-state index contributed by atoms with van der Waals surface area (Å²) in [4.78, 5) is 2.21. The lowest BCUT2D eigenvalue weighted by Gasteiger charge is -2.22. The molecule has 0 amide bonds. The normalized spacial score (nSPS) is 12.3. The van der Waals surface area contributed by atoms with Gasteiger partial charge >= 0.3 is 0 Å². The molecule has 2 aromatic rings. The molecule has 2 N–H and O–H groups in total. The molecule has 0 aliphatic rings. The van der Waals surface area contributed by atoms with Crippen LogP contribution < -0.4 is 10.6 Å². The molecular formula is C17H22N2. The van der Waals surface area contributed by atoms with Crippen LogP contribution in [-0.4, -0.2) is 7.05 Å². The second-order valence-electron chi connectivity index (χ2n) is 5.23. The molecule has 2 heteroatoms. The molecule has 0 spiro atoms. The van der Waals surface area contributed by atoms with Crippen molar-refractivity contribution in [2.24, 2.45) is 5.73 Å². The standard InChI is InChI=1S/C17H22N2/c1-12-5-10-17(13(2)11-12)19(4)16-8-6-15(7-9-16)14(3)18/h5-11,14H,18H2,1-4H3/t14-/m0/s1. The van der Waals surface area contributed by atoms with E-state index in [0.717, 1.165) is 5.56 Å². The molecule has 0 fully saturated rings. The first kappa shape index (κ1) is 13.6. The van der Waals surface area contributed by atoms with E-state index in [0.29, 0.717) is 0 Å². The van der Waals surface area contributed by atoms with Crippen LogP contribution in [0.5, 0.6) is 0 Å². The molecule has 0 heterocycles. The van der Waals surface area contributed by atoms with Gasteiger partial charge in [-0.1, -0.05) is 29.8 Å². The van der Waals surface area contributed by atoms with Gasteiger partial charge in [-0.2, -0.15) is 0 Å². The largest absolute Gasteiger partial charge is 0.344 e. The van der Waals surface area contributed by atoms with Crippen molar-refractivity contribution in [3.8, 4) is 0 Å². The Hall–Kier alpha value is -1.80. The highest BCUT2D eigenvalue weighted by Gasteiger charge is 2.07. The van der Waals surface area contributed by atoms with Crippen molar-refractivity contribution in [2.75, 3.05) is 11.9 Å². The summed E-state index contributed by atoms with van der Waals surface area (Å²) < 4.78 is 0. The Bertz CT molecular complexity index is 556. The SMILES string of the molecule is Cc1ccc(N(C)c2ccc([C@H](C)N)cc2)c(C)c1. The quantitative estimate of drug-likeness (QED) is 0.893. The van der Waals surface area contributed by atoms with E-state index in [1.807, 2.05) is 6.92 Å². The van der Waals surface area contributed by atoms with Crippen molar-refractivity contribution >= 4 is 11.4 Å². The van der Waals surface area contributed by atoms with Crippen LogP contribution in [0.1, 0.15) is 29.7 Å². The van der Waals surface area contributed by atoms with Crippen molar-refractivity contribution in [1.29, 1.82) is 0 Å². The van der Waals surface area contributed by atoms with Gasteiger partial charge in [-0.05, 0) is 50.1 Å². The summed E-state index contributed by atoms with van der Waals surface area (Å²) in [5.74, 6) is 0. The fourth-order valence-corrected chi connectivity index (χ4v) is 2.32. The van der Waals surface area contributed by atoms with Crippen molar-refractivity contribution in [2.45, 2.75) is 26.8 Å². The number of anilines is 2. The molecule has 0 aliphatic carbocycles. The van der Waals surface area contributed by atoms with Crippen LogP contribution in [0, 0.1) is 13.8 Å². The van der Waals surface area contributed by atoms with Gasteiger partial charge in [-0.25, -0.2) is 0 Å². The number of nitrogens with two attached hydrogens (primary N) is 1. The van der Waals surface area contributed by atoms with Crippen molar-refractivity contribution < 1.29 is 0 Å². The first-order valence-corrected chi connectivity index (χ1v) is 6.65. The molecule has 2 nitrogen and oxygen atoms in total.